The molecule has 1 aromatic carbocycles. The van der Waals surface area contributed by atoms with Gasteiger partial charge in [0, 0.05) is 5.39 Å². The van der Waals surface area contributed by atoms with Gasteiger partial charge < -0.3 is 0 Å². The van der Waals surface area contributed by atoms with E-state index in [-0.39, 0.29) is 0 Å². The average Bonchev–Trinajstić information content (AvgIpc) is 2.38. The third-order valence-electron chi connectivity index (χ3n) is 3.10. The quantitative estimate of drug-likeness (QED) is 0.464. The van der Waals surface area contributed by atoms with E-state index >= 15 is 0 Å². The molecule has 2 aromatic rings. The third kappa shape index (κ3) is 2.64. The van der Waals surface area contributed by atoms with Crippen molar-refractivity contribution in [3.05, 3.63) is 39.1 Å². The van der Waals surface area contributed by atoms with E-state index in [1.54, 1.807) is 0 Å². The molecule has 0 amide bonds. The number of unbranched alkanes of at least 4 members (excludes halogenated alkanes) is 2. The summed E-state index contributed by atoms with van der Waals surface area (Å²) in [6.45, 7) is 2.19. The van der Waals surface area contributed by atoms with Crippen LogP contribution < -0.4 is 0 Å². The zero-order valence-electron chi connectivity index (χ0n) is 10.4. The van der Waals surface area contributed by atoms with Gasteiger partial charge in [-0.05, 0) is 47.1 Å². The molecule has 0 aliphatic carbocycles. The minimum absolute atomic E-state index is 0.755. The fourth-order valence-electron chi connectivity index (χ4n) is 2.17. The number of nitrogens with zero attached hydrogens (tertiary/aromatic N) is 2. The maximum atomic E-state index is 9.32. The zero-order chi connectivity index (χ0) is 13.0. The molecule has 2 nitrogen and oxygen atoms in total. The van der Waals surface area contributed by atoms with Crippen LogP contribution in [0.1, 0.15) is 37.3 Å². The fourth-order valence-corrected chi connectivity index (χ4v) is 2.88. The van der Waals surface area contributed by atoms with Crippen LogP contribution in [0.2, 0.25) is 0 Å². The van der Waals surface area contributed by atoms with E-state index in [0.717, 1.165) is 33.0 Å². The lowest BCUT2D eigenvalue weighted by molar-refractivity contribution is 0.718. The van der Waals surface area contributed by atoms with Crippen molar-refractivity contribution < 1.29 is 0 Å². The highest BCUT2D eigenvalue weighted by atomic mass is 127. The van der Waals surface area contributed by atoms with Gasteiger partial charge >= 0.3 is 0 Å². The number of halogens is 1. The van der Waals surface area contributed by atoms with E-state index in [1.807, 2.05) is 18.2 Å². The monoisotopic (exact) mass is 350 g/mol. The van der Waals surface area contributed by atoms with Crippen molar-refractivity contribution in [3.63, 3.8) is 0 Å². The Bertz CT molecular complexity index is 599. The van der Waals surface area contributed by atoms with E-state index in [4.69, 9.17) is 0 Å². The molecule has 3 heteroatoms. The lowest BCUT2D eigenvalue weighted by Gasteiger charge is -2.09. The van der Waals surface area contributed by atoms with E-state index in [2.05, 4.69) is 46.6 Å². The smallest absolute Gasteiger partial charge is 0.120 e. The maximum Gasteiger partial charge on any atom is 0.120 e. The van der Waals surface area contributed by atoms with Crippen LogP contribution in [0, 0.1) is 15.0 Å². The Morgan fingerprint density at radius 3 is 2.78 bits per heavy atom. The highest BCUT2D eigenvalue weighted by molar-refractivity contribution is 14.1. The molecular weight excluding hydrogens is 335 g/mol. The fraction of sp³-hybridized carbons (Fsp3) is 0.333. The Balaban J connectivity index is 2.54. The highest BCUT2D eigenvalue weighted by Crippen LogP contribution is 2.25. The lowest BCUT2D eigenvalue weighted by atomic mass is 9.99. The van der Waals surface area contributed by atoms with Gasteiger partial charge in [-0.3, -0.25) is 0 Å². The molecule has 0 saturated heterocycles. The average molecular weight is 350 g/mol. The van der Waals surface area contributed by atoms with Gasteiger partial charge in [0.05, 0.1) is 11.1 Å². The summed E-state index contributed by atoms with van der Waals surface area (Å²) in [6, 6.07) is 10.4. The van der Waals surface area contributed by atoms with Crippen LogP contribution in [0.5, 0.6) is 0 Å². The number of para-hydroxylation sites is 1. The van der Waals surface area contributed by atoms with Crippen LogP contribution in [0.25, 0.3) is 10.9 Å². The van der Waals surface area contributed by atoms with Gasteiger partial charge in [0.25, 0.3) is 0 Å². The first-order chi connectivity index (χ1) is 8.77. The first-order valence-corrected chi connectivity index (χ1v) is 7.33. The summed E-state index contributed by atoms with van der Waals surface area (Å²) < 4.78 is 0.820. The van der Waals surface area contributed by atoms with Crippen molar-refractivity contribution in [2.24, 2.45) is 0 Å². The normalized spacial score (nSPS) is 10.5. The molecule has 18 heavy (non-hydrogen) atoms. The number of aryl methyl sites for hydroxylation is 1. The Labute approximate surface area is 121 Å². The van der Waals surface area contributed by atoms with E-state index in [9.17, 15) is 5.26 Å². The summed E-state index contributed by atoms with van der Waals surface area (Å²) in [5.41, 5.74) is 2.92. The second-order valence-corrected chi connectivity index (χ2v) is 5.36. The first-order valence-electron chi connectivity index (χ1n) is 6.25. The number of benzene rings is 1. The Kier molecular flexibility index (Phi) is 4.54. The summed E-state index contributed by atoms with van der Waals surface area (Å²) in [7, 11) is 0. The van der Waals surface area contributed by atoms with Crippen molar-refractivity contribution in [2.75, 3.05) is 0 Å². The van der Waals surface area contributed by atoms with Gasteiger partial charge in [0.1, 0.15) is 9.77 Å². The van der Waals surface area contributed by atoms with Crippen LogP contribution in [-0.4, -0.2) is 4.98 Å². The number of aromatic nitrogens is 1. The van der Waals surface area contributed by atoms with Gasteiger partial charge in [0.2, 0.25) is 0 Å². The molecule has 0 bridgehead atoms. The van der Waals surface area contributed by atoms with Crippen LogP contribution in [0.3, 0.4) is 0 Å². The van der Waals surface area contributed by atoms with Crippen molar-refractivity contribution in [3.8, 4) is 6.07 Å². The SMILES string of the molecule is CCCCCc1c(C#N)c(I)nc2ccccc12. The number of nitriles is 1. The molecule has 2 rings (SSSR count). The van der Waals surface area contributed by atoms with Gasteiger partial charge in [-0.1, -0.05) is 38.0 Å². The molecule has 1 heterocycles. The van der Waals surface area contributed by atoms with Crippen LogP contribution in [0.4, 0.5) is 0 Å². The minimum Gasteiger partial charge on any atom is -0.240 e. The molecule has 0 aliphatic rings. The van der Waals surface area contributed by atoms with Crippen molar-refractivity contribution >= 4 is 33.5 Å². The first kappa shape index (κ1) is 13.3. The molecule has 0 N–H and O–H groups in total. The summed E-state index contributed by atoms with van der Waals surface area (Å²) in [4.78, 5) is 4.50. The number of fused-ring (bicyclic) bond motifs is 1. The predicted molar refractivity (Wildman–Crippen MR) is 82.4 cm³/mol. The number of pyridine rings is 1. The number of hydrogen-bond acceptors (Lipinski definition) is 2. The lowest BCUT2D eigenvalue weighted by Crippen LogP contribution is -1.99. The Hall–Kier alpha value is -1.15. The van der Waals surface area contributed by atoms with Gasteiger partial charge in [-0.25, -0.2) is 4.98 Å². The largest absolute Gasteiger partial charge is 0.240 e. The molecule has 0 atom stereocenters. The van der Waals surface area contributed by atoms with Crippen LogP contribution in [-0.2, 0) is 6.42 Å². The molecule has 92 valence electrons. The van der Waals surface area contributed by atoms with E-state index < -0.39 is 0 Å². The summed E-state index contributed by atoms with van der Waals surface area (Å²) in [5, 5.41) is 10.5. The standard InChI is InChI=1S/C15H15IN2/c1-2-3-4-7-11-12-8-5-6-9-14(12)18-15(16)13(11)10-17/h5-6,8-9H,2-4,7H2,1H3. The van der Waals surface area contributed by atoms with Crippen LogP contribution >= 0.6 is 22.6 Å². The second-order valence-electron chi connectivity index (χ2n) is 4.34. The molecule has 0 unspecified atom stereocenters. The van der Waals surface area contributed by atoms with Crippen molar-refractivity contribution in [1.82, 2.24) is 4.98 Å². The van der Waals surface area contributed by atoms with Crippen molar-refractivity contribution in [2.45, 2.75) is 32.6 Å². The molecule has 0 spiro atoms. The zero-order valence-corrected chi connectivity index (χ0v) is 12.6. The summed E-state index contributed by atoms with van der Waals surface area (Å²) in [5.74, 6) is 0. The predicted octanol–water partition coefficient (Wildman–Crippen LogP) is 4.44. The third-order valence-corrected chi connectivity index (χ3v) is 3.88. The second kappa shape index (κ2) is 6.14. The molecule has 0 fully saturated rings. The molecule has 1 aromatic heterocycles. The molecule has 0 saturated carbocycles. The molecule has 0 radical (unpaired) electrons. The van der Waals surface area contributed by atoms with Gasteiger partial charge in [-0.15, -0.1) is 0 Å². The van der Waals surface area contributed by atoms with Crippen LogP contribution in [0.15, 0.2) is 24.3 Å². The van der Waals surface area contributed by atoms with Gasteiger partial charge in [-0.2, -0.15) is 5.26 Å². The van der Waals surface area contributed by atoms with E-state index in [1.165, 1.54) is 18.4 Å². The van der Waals surface area contributed by atoms with Crippen molar-refractivity contribution in [1.29, 1.82) is 5.26 Å². The Morgan fingerprint density at radius 2 is 2.06 bits per heavy atom. The van der Waals surface area contributed by atoms with Gasteiger partial charge in [0.15, 0.2) is 0 Å². The summed E-state index contributed by atoms with van der Waals surface area (Å²) in [6.07, 6.45) is 4.51. The Morgan fingerprint density at radius 1 is 1.28 bits per heavy atom. The highest BCUT2D eigenvalue weighted by Gasteiger charge is 2.12. The molecule has 0 aliphatic heterocycles. The minimum atomic E-state index is 0.755. The number of hydrogen-bond donors (Lipinski definition) is 0. The molecular formula is C15H15IN2. The summed E-state index contributed by atoms with van der Waals surface area (Å²) >= 11 is 2.16. The maximum absolute atomic E-state index is 9.32. The number of rotatable bonds is 4. The van der Waals surface area contributed by atoms with E-state index in [0.29, 0.717) is 0 Å². The topological polar surface area (TPSA) is 36.7 Å².